The second-order valence-corrected chi connectivity index (χ2v) is 5.92. The Labute approximate surface area is 157 Å². The number of piperidine rings is 1. The Morgan fingerprint density at radius 1 is 1.21 bits per heavy atom. The van der Waals surface area contributed by atoms with Crippen LogP contribution in [0.2, 0.25) is 0 Å². The van der Waals surface area contributed by atoms with E-state index in [-0.39, 0.29) is 36.8 Å². The average molecular weight is 378 g/mol. The van der Waals surface area contributed by atoms with Crippen LogP contribution in [0, 0.1) is 0 Å². The number of benzene rings is 1. The van der Waals surface area contributed by atoms with E-state index in [1.807, 2.05) is 12.1 Å². The summed E-state index contributed by atoms with van der Waals surface area (Å²) in [7, 11) is 1.67. The van der Waals surface area contributed by atoms with E-state index in [1.165, 1.54) is 24.8 Å². The molecule has 1 fully saturated rings. The minimum Gasteiger partial charge on any atom is -0.497 e. The molecular weight excluding hydrogens is 349 g/mol. The average Bonchev–Trinajstić information content (AvgIpc) is 2.56. The maximum atomic E-state index is 11.8. The Morgan fingerprint density at radius 3 is 2.29 bits per heavy atom. The number of methoxy groups -OCH3 is 1. The van der Waals surface area contributed by atoms with Gasteiger partial charge in [-0.25, -0.2) is 0 Å². The van der Waals surface area contributed by atoms with E-state index in [0.29, 0.717) is 6.54 Å². The van der Waals surface area contributed by atoms with Gasteiger partial charge in [0.25, 0.3) is 0 Å². The van der Waals surface area contributed by atoms with Crippen LogP contribution in [0.25, 0.3) is 0 Å². The lowest BCUT2D eigenvalue weighted by atomic mass is 10.0. The molecule has 0 saturated carbocycles. The molecule has 0 aromatic heterocycles. The van der Waals surface area contributed by atoms with E-state index < -0.39 is 6.04 Å². The van der Waals surface area contributed by atoms with Gasteiger partial charge >= 0.3 is 0 Å². The van der Waals surface area contributed by atoms with Crippen molar-refractivity contribution in [3.05, 3.63) is 29.8 Å². The third-order valence-electron chi connectivity index (χ3n) is 4.22. The highest BCUT2D eigenvalue weighted by molar-refractivity contribution is 5.85. The molecule has 1 aromatic carbocycles. The number of carbonyl (C=O) groups excluding carboxylic acids is 1. The number of nitrogens with zero attached hydrogens (tertiary/aromatic N) is 1. The molecule has 1 aliphatic rings. The van der Waals surface area contributed by atoms with E-state index in [1.54, 1.807) is 14.0 Å². The van der Waals surface area contributed by atoms with E-state index in [2.05, 4.69) is 22.3 Å². The molecule has 5 nitrogen and oxygen atoms in total. The van der Waals surface area contributed by atoms with Crippen molar-refractivity contribution in [2.75, 3.05) is 26.7 Å². The lowest BCUT2D eigenvalue weighted by Crippen LogP contribution is -2.44. The summed E-state index contributed by atoms with van der Waals surface area (Å²) >= 11 is 0. The highest BCUT2D eigenvalue weighted by atomic mass is 35.5. The number of hydrogen-bond donors (Lipinski definition) is 2. The molecule has 0 spiro atoms. The van der Waals surface area contributed by atoms with Crippen LogP contribution in [0.5, 0.6) is 5.75 Å². The fraction of sp³-hybridized carbons (Fsp3) is 0.588. The molecule has 1 aromatic rings. The maximum absolute atomic E-state index is 11.8. The number of nitrogens with two attached hydrogens (primary N) is 1. The highest BCUT2D eigenvalue weighted by Crippen LogP contribution is 2.25. The third kappa shape index (κ3) is 6.48. The van der Waals surface area contributed by atoms with E-state index in [4.69, 9.17) is 10.5 Å². The normalized spacial score (nSPS) is 17.0. The molecule has 1 unspecified atom stereocenters. The van der Waals surface area contributed by atoms with Gasteiger partial charge in [-0.15, -0.1) is 24.8 Å². The molecule has 24 heavy (non-hydrogen) atoms. The first-order chi connectivity index (χ1) is 10.6. The molecule has 7 heteroatoms. The molecule has 1 saturated heterocycles. The van der Waals surface area contributed by atoms with Gasteiger partial charge in [0.2, 0.25) is 5.91 Å². The van der Waals surface area contributed by atoms with Crippen molar-refractivity contribution in [2.24, 2.45) is 5.73 Å². The zero-order valence-electron chi connectivity index (χ0n) is 14.4. The van der Waals surface area contributed by atoms with Crippen LogP contribution in [0.4, 0.5) is 0 Å². The van der Waals surface area contributed by atoms with Gasteiger partial charge in [0.1, 0.15) is 5.75 Å². The first-order valence-corrected chi connectivity index (χ1v) is 8.03. The molecule has 2 rings (SSSR count). The SMILES string of the molecule is COc1ccc(C(CNC(=O)[C@@H](C)N)N2CCCCC2)cc1.Cl.Cl. The van der Waals surface area contributed by atoms with Crippen LogP contribution in [-0.2, 0) is 4.79 Å². The fourth-order valence-corrected chi connectivity index (χ4v) is 2.87. The number of hydrogen-bond acceptors (Lipinski definition) is 4. The van der Waals surface area contributed by atoms with Crippen molar-refractivity contribution in [3.8, 4) is 5.75 Å². The lowest BCUT2D eigenvalue weighted by Gasteiger charge is -2.35. The summed E-state index contributed by atoms with van der Waals surface area (Å²) in [5, 5.41) is 2.97. The Hall–Kier alpha value is -1.01. The number of likely N-dealkylation sites (tertiary alicyclic amines) is 1. The number of rotatable bonds is 6. The van der Waals surface area contributed by atoms with Crippen molar-refractivity contribution in [1.29, 1.82) is 0 Å². The number of nitrogens with one attached hydrogen (secondary N) is 1. The third-order valence-corrected chi connectivity index (χ3v) is 4.22. The summed E-state index contributed by atoms with van der Waals surface area (Å²) in [4.78, 5) is 14.2. The Balaban J connectivity index is 0.00000264. The number of carbonyl (C=O) groups is 1. The fourth-order valence-electron chi connectivity index (χ4n) is 2.87. The molecule has 138 valence electrons. The van der Waals surface area contributed by atoms with Crippen molar-refractivity contribution >= 4 is 30.7 Å². The molecule has 0 radical (unpaired) electrons. The van der Waals surface area contributed by atoms with E-state index in [0.717, 1.165) is 18.8 Å². The molecular formula is C17H29Cl2N3O2. The van der Waals surface area contributed by atoms with Crippen LogP contribution in [0.15, 0.2) is 24.3 Å². The van der Waals surface area contributed by atoms with Gasteiger partial charge in [-0.05, 0) is 50.6 Å². The quantitative estimate of drug-likeness (QED) is 0.798. The van der Waals surface area contributed by atoms with Crippen LogP contribution >= 0.6 is 24.8 Å². The second kappa shape index (κ2) is 11.5. The van der Waals surface area contributed by atoms with Gasteiger partial charge in [0.15, 0.2) is 0 Å². The first kappa shape index (κ1) is 23.0. The summed E-state index contributed by atoms with van der Waals surface area (Å²) in [6.07, 6.45) is 3.72. The summed E-state index contributed by atoms with van der Waals surface area (Å²) < 4.78 is 5.22. The summed E-state index contributed by atoms with van der Waals surface area (Å²) in [5.41, 5.74) is 6.84. The van der Waals surface area contributed by atoms with Crippen LogP contribution in [-0.4, -0.2) is 43.6 Å². The Kier molecular flexibility index (Phi) is 11.0. The topological polar surface area (TPSA) is 67.6 Å². The van der Waals surface area contributed by atoms with Crippen LogP contribution in [0.3, 0.4) is 0 Å². The van der Waals surface area contributed by atoms with E-state index in [9.17, 15) is 4.79 Å². The summed E-state index contributed by atoms with van der Waals surface area (Å²) in [6.45, 7) is 4.45. The van der Waals surface area contributed by atoms with Crippen molar-refractivity contribution in [3.63, 3.8) is 0 Å². The van der Waals surface area contributed by atoms with Gasteiger partial charge in [-0.2, -0.15) is 0 Å². The van der Waals surface area contributed by atoms with Crippen molar-refractivity contribution in [1.82, 2.24) is 10.2 Å². The minimum absolute atomic E-state index is 0. The van der Waals surface area contributed by atoms with E-state index >= 15 is 0 Å². The lowest BCUT2D eigenvalue weighted by molar-refractivity contribution is -0.122. The van der Waals surface area contributed by atoms with Crippen LogP contribution < -0.4 is 15.8 Å². The molecule has 2 atom stereocenters. The predicted molar refractivity (Wildman–Crippen MR) is 102 cm³/mol. The molecule has 1 heterocycles. The highest BCUT2D eigenvalue weighted by Gasteiger charge is 2.23. The number of ether oxygens (including phenoxy) is 1. The summed E-state index contributed by atoms with van der Waals surface area (Å²) in [5.74, 6) is 0.747. The number of halogens is 2. The standard InChI is InChI=1S/C17H27N3O2.2ClH/c1-13(18)17(21)19-12-16(20-10-4-3-5-11-20)14-6-8-15(22-2)9-7-14;;/h6-9,13,16H,3-5,10-12,18H2,1-2H3,(H,19,21);2*1H/t13-,16?;;/m1../s1. The zero-order valence-corrected chi connectivity index (χ0v) is 16.0. The minimum atomic E-state index is -0.474. The molecule has 0 bridgehead atoms. The molecule has 1 aliphatic heterocycles. The molecule has 1 amide bonds. The maximum Gasteiger partial charge on any atom is 0.236 e. The number of amides is 1. The zero-order chi connectivity index (χ0) is 15.9. The first-order valence-electron chi connectivity index (χ1n) is 8.03. The smallest absolute Gasteiger partial charge is 0.236 e. The van der Waals surface area contributed by atoms with Gasteiger partial charge in [-0.3, -0.25) is 9.69 Å². The second-order valence-electron chi connectivity index (χ2n) is 5.92. The van der Waals surface area contributed by atoms with Crippen molar-refractivity contribution in [2.45, 2.75) is 38.3 Å². The van der Waals surface area contributed by atoms with Gasteiger partial charge in [0.05, 0.1) is 19.2 Å². The van der Waals surface area contributed by atoms with Gasteiger partial charge in [-0.1, -0.05) is 18.6 Å². The Morgan fingerprint density at radius 2 is 1.79 bits per heavy atom. The Bertz CT molecular complexity index is 477. The van der Waals surface area contributed by atoms with Gasteiger partial charge < -0.3 is 15.8 Å². The molecule has 3 N–H and O–H groups in total. The largest absolute Gasteiger partial charge is 0.497 e. The monoisotopic (exact) mass is 377 g/mol. The summed E-state index contributed by atoms with van der Waals surface area (Å²) in [6, 6.07) is 7.82. The molecule has 0 aliphatic carbocycles. The van der Waals surface area contributed by atoms with Crippen LogP contribution in [0.1, 0.15) is 37.8 Å². The van der Waals surface area contributed by atoms with Crippen molar-refractivity contribution < 1.29 is 9.53 Å². The predicted octanol–water partition coefficient (Wildman–Crippen LogP) is 2.53. The van der Waals surface area contributed by atoms with Gasteiger partial charge in [0, 0.05) is 6.54 Å².